The molecule has 1 aromatic rings. The number of halogens is 1. The van der Waals surface area contributed by atoms with Gasteiger partial charge in [-0.25, -0.2) is 4.99 Å². The lowest BCUT2D eigenvalue weighted by Gasteiger charge is -2.26. The van der Waals surface area contributed by atoms with E-state index in [2.05, 4.69) is 15.2 Å². The van der Waals surface area contributed by atoms with Gasteiger partial charge in [0.1, 0.15) is 5.75 Å². The van der Waals surface area contributed by atoms with Crippen LogP contribution in [0.5, 0.6) is 5.75 Å². The normalized spacial score (nSPS) is 16.1. The van der Waals surface area contributed by atoms with Gasteiger partial charge in [0.25, 0.3) is 0 Å². The Morgan fingerprint density at radius 1 is 1.32 bits per heavy atom. The number of aromatic hydroxyl groups is 1. The quantitative estimate of drug-likeness (QED) is 0.278. The Kier molecular flexibility index (Phi) is 9.17. The van der Waals surface area contributed by atoms with Crippen molar-refractivity contribution in [3.05, 3.63) is 29.8 Å². The molecule has 0 unspecified atom stereocenters. The first-order valence-electron chi connectivity index (χ1n) is 7.36. The van der Waals surface area contributed by atoms with Crippen molar-refractivity contribution < 1.29 is 9.84 Å². The number of hydrogen-bond acceptors (Lipinski definition) is 4. The van der Waals surface area contributed by atoms with Crippen LogP contribution in [-0.2, 0) is 11.3 Å². The molecular formula is C15H25IN4O2. The highest BCUT2D eigenvalue weighted by Gasteiger charge is 2.08. The third kappa shape index (κ3) is 6.80. The molecule has 7 heteroatoms. The third-order valence-corrected chi connectivity index (χ3v) is 3.47. The van der Waals surface area contributed by atoms with Gasteiger partial charge in [-0.05, 0) is 19.0 Å². The van der Waals surface area contributed by atoms with Gasteiger partial charge in [-0.3, -0.25) is 4.90 Å². The Balaban J connectivity index is 0.00000242. The molecule has 1 heterocycles. The minimum absolute atomic E-state index is 0. The average molecular weight is 420 g/mol. The van der Waals surface area contributed by atoms with Crippen molar-refractivity contribution in [2.75, 3.05) is 39.4 Å². The van der Waals surface area contributed by atoms with Gasteiger partial charge in [0, 0.05) is 25.2 Å². The van der Waals surface area contributed by atoms with Gasteiger partial charge in [0.15, 0.2) is 5.96 Å². The van der Waals surface area contributed by atoms with E-state index in [9.17, 15) is 5.11 Å². The summed E-state index contributed by atoms with van der Waals surface area (Å²) in [7, 11) is 0. The summed E-state index contributed by atoms with van der Waals surface area (Å²) < 4.78 is 5.31. The summed E-state index contributed by atoms with van der Waals surface area (Å²) in [6.07, 6.45) is 1.02. The maximum absolute atomic E-state index is 9.64. The highest BCUT2D eigenvalue weighted by molar-refractivity contribution is 14.0. The fraction of sp³-hybridized carbons (Fsp3) is 0.533. The zero-order valence-electron chi connectivity index (χ0n) is 12.7. The Morgan fingerprint density at radius 2 is 2.05 bits per heavy atom. The number of ether oxygens (including phenoxy) is 1. The fourth-order valence-electron chi connectivity index (χ4n) is 2.21. The molecule has 0 radical (unpaired) electrons. The Morgan fingerprint density at radius 3 is 2.77 bits per heavy atom. The smallest absolute Gasteiger partial charge is 0.188 e. The van der Waals surface area contributed by atoms with Crippen molar-refractivity contribution in [3.8, 4) is 5.75 Å². The first-order chi connectivity index (χ1) is 10.3. The number of nitrogens with one attached hydrogen (secondary N) is 1. The second-order valence-electron chi connectivity index (χ2n) is 5.06. The maximum Gasteiger partial charge on any atom is 0.188 e. The van der Waals surface area contributed by atoms with Crippen LogP contribution in [-0.4, -0.2) is 55.4 Å². The molecule has 1 aromatic carbocycles. The number of guanidine groups is 1. The highest BCUT2D eigenvalue weighted by Crippen LogP contribution is 2.15. The van der Waals surface area contributed by atoms with E-state index in [1.807, 2.05) is 12.1 Å². The van der Waals surface area contributed by atoms with E-state index in [0.717, 1.165) is 51.4 Å². The Labute approximate surface area is 148 Å². The highest BCUT2D eigenvalue weighted by atomic mass is 127. The number of aliphatic imine (C=N–C) groups is 1. The first kappa shape index (κ1) is 19.0. The van der Waals surface area contributed by atoms with Gasteiger partial charge in [0.2, 0.25) is 0 Å². The lowest BCUT2D eigenvalue weighted by molar-refractivity contribution is 0.0376. The molecule has 6 nitrogen and oxygen atoms in total. The van der Waals surface area contributed by atoms with Crippen molar-refractivity contribution in [1.29, 1.82) is 0 Å². The molecule has 124 valence electrons. The summed E-state index contributed by atoms with van der Waals surface area (Å²) in [4.78, 5) is 6.62. The molecule has 0 aromatic heterocycles. The van der Waals surface area contributed by atoms with Gasteiger partial charge in [0.05, 0.1) is 19.8 Å². The minimum atomic E-state index is 0. The van der Waals surface area contributed by atoms with Crippen LogP contribution in [0.25, 0.3) is 0 Å². The van der Waals surface area contributed by atoms with Gasteiger partial charge >= 0.3 is 0 Å². The van der Waals surface area contributed by atoms with E-state index in [4.69, 9.17) is 10.5 Å². The maximum atomic E-state index is 9.64. The summed E-state index contributed by atoms with van der Waals surface area (Å²) in [6.45, 7) is 5.91. The number of nitrogens with zero attached hydrogens (tertiary/aromatic N) is 2. The minimum Gasteiger partial charge on any atom is -0.508 e. The first-order valence-corrected chi connectivity index (χ1v) is 7.36. The van der Waals surface area contributed by atoms with E-state index < -0.39 is 0 Å². The van der Waals surface area contributed by atoms with Crippen LogP contribution < -0.4 is 11.1 Å². The lowest BCUT2D eigenvalue weighted by atomic mass is 10.2. The molecule has 0 bridgehead atoms. The van der Waals surface area contributed by atoms with Crippen molar-refractivity contribution in [3.63, 3.8) is 0 Å². The van der Waals surface area contributed by atoms with Crippen molar-refractivity contribution in [2.45, 2.75) is 13.0 Å². The molecule has 4 N–H and O–H groups in total. The number of para-hydroxylation sites is 1. The summed E-state index contributed by atoms with van der Waals surface area (Å²) in [5, 5.41) is 12.7. The standard InChI is InChI=1S/C15H24N4O2.HI/c16-15(18-12-13-4-1-2-5-14(13)20)17-6-3-7-19-8-10-21-11-9-19;/h1-2,4-5,20H,3,6-12H2,(H3,16,17,18);1H. The molecule has 22 heavy (non-hydrogen) atoms. The van der Waals surface area contributed by atoms with Crippen LogP contribution in [0, 0.1) is 0 Å². The van der Waals surface area contributed by atoms with Crippen LogP contribution >= 0.6 is 24.0 Å². The van der Waals surface area contributed by atoms with Crippen molar-refractivity contribution in [1.82, 2.24) is 10.2 Å². The van der Waals surface area contributed by atoms with E-state index in [0.29, 0.717) is 12.5 Å². The largest absolute Gasteiger partial charge is 0.508 e. The molecule has 0 aliphatic carbocycles. The van der Waals surface area contributed by atoms with E-state index in [-0.39, 0.29) is 29.7 Å². The van der Waals surface area contributed by atoms with E-state index >= 15 is 0 Å². The molecule has 0 spiro atoms. The molecule has 2 rings (SSSR count). The number of phenolic OH excluding ortho intramolecular Hbond substituents is 1. The summed E-state index contributed by atoms with van der Waals surface area (Å²) in [5.41, 5.74) is 6.59. The second-order valence-corrected chi connectivity index (χ2v) is 5.06. The fourth-order valence-corrected chi connectivity index (χ4v) is 2.21. The summed E-state index contributed by atoms with van der Waals surface area (Å²) in [6, 6.07) is 7.15. The van der Waals surface area contributed by atoms with Crippen LogP contribution in [0.3, 0.4) is 0 Å². The lowest BCUT2D eigenvalue weighted by Crippen LogP contribution is -2.39. The predicted molar refractivity (Wildman–Crippen MR) is 98.7 cm³/mol. The summed E-state index contributed by atoms with van der Waals surface area (Å²) in [5.74, 6) is 0.668. The average Bonchev–Trinajstić information content (AvgIpc) is 2.52. The molecule has 0 saturated carbocycles. The van der Waals surface area contributed by atoms with Crippen molar-refractivity contribution >= 4 is 29.9 Å². The molecule has 1 saturated heterocycles. The predicted octanol–water partition coefficient (Wildman–Crippen LogP) is 1.14. The number of benzene rings is 1. The molecule has 1 aliphatic rings. The Bertz CT molecular complexity index is 465. The molecule has 1 aliphatic heterocycles. The van der Waals surface area contributed by atoms with Crippen LogP contribution in [0.4, 0.5) is 0 Å². The number of nitrogens with two attached hydrogens (primary N) is 1. The van der Waals surface area contributed by atoms with Crippen LogP contribution in [0.1, 0.15) is 12.0 Å². The van der Waals surface area contributed by atoms with Gasteiger partial charge in [-0.15, -0.1) is 24.0 Å². The van der Waals surface area contributed by atoms with Gasteiger partial charge in [-0.1, -0.05) is 18.2 Å². The SMILES string of the molecule is I.NC(=NCc1ccccc1O)NCCCN1CCOCC1. The molecule has 0 amide bonds. The van der Waals surface area contributed by atoms with E-state index in [1.54, 1.807) is 12.1 Å². The molecular weight excluding hydrogens is 395 g/mol. The topological polar surface area (TPSA) is 83.1 Å². The zero-order valence-corrected chi connectivity index (χ0v) is 15.0. The number of morpholine rings is 1. The second kappa shape index (κ2) is 10.6. The number of phenols is 1. The van der Waals surface area contributed by atoms with Gasteiger partial charge in [-0.2, -0.15) is 0 Å². The monoisotopic (exact) mass is 420 g/mol. The Hall–Kier alpha value is -1.06. The van der Waals surface area contributed by atoms with Crippen LogP contribution in [0.2, 0.25) is 0 Å². The van der Waals surface area contributed by atoms with Gasteiger partial charge < -0.3 is 20.9 Å². The van der Waals surface area contributed by atoms with E-state index in [1.165, 1.54) is 0 Å². The number of hydrogen-bond donors (Lipinski definition) is 3. The zero-order chi connectivity index (χ0) is 14.9. The molecule has 0 atom stereocenters. The van der Waals surface area contributed by atoms with Crippen LogP contribution in [0.15, 0.2) is 29.3 Å². The summed E-state index contributed by atoms with van der Waals surface area (Å²) >= 11 is 0. The third-order valence-electron chi connectivity index (χ3n) is 3.47. The van der Waals surface area contributed by atoms with Crippen molar-refractivity contribution in [2.24, 2.45) is 10.7 Å². The molecule has 1 fully saturated rings. The number of rotatable bonds is 6.